The summed E-state index contributed by atoms with van der Waals surface area (Å²) in [6, 6.07) is 46.9. The first-order chi connectivity index (χ1) is 37.0. The van der Waals surface area contributed by atoms with Crippen LogP contribution in [0.3, 0.4) is 0 Å². The summed E-state index contributed by atoms with van der Waals surface area (Å²) < 4.78 is 15.1. The van der Waals surface area contributed by atoms with Gasteiger partial charge in [0.25, 0.3) is 0 Å². The van der Waals surface area contributed by atoms with Crippen molar-refractivity contribution in [3.63, 3.8) is 0 Å². The Balaban J connectivity index is 0.000000212. The van der Waals surface area contributed by atoms with Gasteiger partial charge in [0.05, 0.1) is 28.1 Å². The van der Waals surface area contributed by atoms with Crippen LogP contribution < -0.4 is 5.30 Å². The fourth-order valence-electron chi connectivity index (χ4n) is 8.30. The van der Waals surface area contributed by atoms with Gasteiger partial charge in [0.2, 0.25) is 0 Å². The number of nitrogens with zero attached hydrogens (tertiary/aromatic N) is 5. The monoisotopic (exact) mass is 1200 g/mol. The Labute approximate surface area is 482 Å². The Morgan fingerprint density at radius 1 is 0.468 bits per heavy atom. The van der Waals surface area contributed by atoms with Gasteiger partial charge in [0.1, 0.15) is 0 Å². The average Bonchev–Trinajstić information content (AvgIpc) is 4.31. The molecule has 1 unspecified atom stereocenters. The fraction of sp³-hybridized carbons (Fsp3) is 0.242. The molecule has 1 aromatic carbocycles. The molecule has 2 N–H and O–H groups in total. The van der Waals surface area contributed by atoms with E-state index >= 15 is 0 Å². The SMILES string of the molecule is CCCCCCc1ccc(-c2ccc(-c3cc[c-]c(-c4cc(-c5ccc(-c6ccc(CCCCCC)s6)s5)ccn4)c3)s2)s1.Cc1ccnc(-c2cc(C)ccn2)c1.Cc1ccnc(-c2cc(P(=O)(O)OO)ccn2)c1.[Ru+]. The van der Waals surface area contributed by atoms with Crippen molar-refractivity contribution in [2.75, 3.05) is 0 Å². The van der Waals surface area contributed by atoms with Crippen molar-refractivity contribution in [3.8, 4) is 74.4 Å². The van der Waals surface area contributed by atoms with Gasteiger partial charge < -0.3 is 9.88 Å². The number of benzene rings is 1. The molecule has 0 aliphatic carbocycles. The molecule has 0 fully saturated rings. The number of hydrogen-bond acceptors (Lipinski definition) is 12. The Kier molecular flexibility index (Phi) is 22.6. The van der Waals surface area contributed by atoms with Gasteiger partial charge in [-0.1, -0.05) is 64.0 Å². The van der Waals surface area contributed by atoms with E-state index in [-0.39, 0.29) is 24.8 Å². The number of thiophene rings is 4. The van der Waals surface area contributed by atoms with Gasteiger partial charge in [-0.15, -0.1) is 79.9 Å². The number of hydrogen-bond donors (Lipinski definition) is 2. The maximum atomic E-state index is 11.5. The van der Waals surface area contributed by atoms with Crippen LogP contribution in [0.5, 0.6) is 0 Å². The predicted octanol–water partition coefficient (Wildman–Crippen LogP) is 18.2. The second kappa shape index (κ2) is 29.5. The summed E-state index contributed by atoms with van der Waals surface area (Å²) in [4.78, 5) is 41.9. The van der Waals surface area contributed by atoms with Crippen molar-refractivity contribution in [1.82, 2.24) is 24.9 Å². The van der Waals surface area contributed by atoms with Crippen LogP contribution >= 0.6 is 52.9 Å². The minimum atomic E-state index is -4.20. The van der Waals surface area contributed by atoms with Crippen LogP contribution in [-0.4, -0.2) is 35.1 Å². The Bertz CT molecular complexity index is 3330. The van der Waals surface area contributed by atoms with E-state index in [2.05, 4.69) is 131 Å². The minimum absolute atomic E-state index is 0. The third kappa shape index (κ3) is 17.0. The molecule has 9 nitrogen and oxygen atoms in total. The van der Waals surface area contributed by atoms with Crippen molar-refractivity contribution in [2.45, 2.75) is 98.8 Å². The standard InChI is InChI=1S/C39H40NS4.C12H12N2.C11H11N2O4P.Ru/c1-3-5-7-9-14-31-16-18-36(41-31)38-22-20-34(43-38)29-13-11-12-28(26-29)33-27-30(24-25-40-33)35-21-23-39(44-35)37-19-17-32(42-37)15-10-8-6-4-2;1-9-3-5-13-11(7-9)12-8-10(2)4-6-14-12;1-8-2-4-12-10(6-8)11-7-9(3-5-13-11)18(15,16)17-14;/h11,13,16-27H,3-10,14-15H2,1-2H3;3-8H,1-2H3;2-7,14H,1H3,(H,15,16);/q-1;;;+1. The molecule has 10 aromatic rings. The van der Waals surface area contributed by atoms with Gasteiger partial charge in [-0.3, -0.25) is 24.5 Å². The van der Waals surface area contributed by atoms with Crippen LogP contribution in [0.15, 0.2) is 158 Å². The van der Waals surface area contributed by atoms with E-state index in [9.17, 15) is 9.46 Å². The first kappa shape index (κ1) is 59.2. The van der Waals surface area contributed by atoms with E-state index in [0.717, 1.165) is 28.2 Å². The molecule has 9 aromatic heterocycles. The topological polar surface area (TPSA) is 131 Å². The van der Waals surface area contributed by atoms with Crippen LogP contribution in [0.2, 0.25) is 0 Å². The smallest absolute Gasteiger partial charge is 0.319 e. The summed E-state index contributed by atoms with van der Waals surface area (Å²) in [6.45, 7) is 10.6. The fourth-order valence-corrected chi connectivity index (χ4v) is 13.2. The third-order valence-corrected chi connectivity index (χ3v) is 18.5. The number of aryl methyl sites for hydroxylation is 5. The largest absolute Gasteiger partial charge is 1.00 e. The molecule has 9 heterocycles. The molecule has 0 bridgehead atoms. The molecule has 0 saturated carbocycles. The maximum absolute atomic E-state index is 11.5. The van der Waals surface area contributed by atoms with Crippen LogP contribution in [0.1, 0.15) is 91.7 Å². The second-order valence-electron chi connectivity index (χ2n) is 18.6. The molecule has 0 aliphatic rings. The van der Waals surface area contributed by atoms with Crippen molar-refractivity contribution in [2.24, 2.45) is 0 Å². The molecule has 0 aliphatic heterocycles. The van der Waals surface area contributed by atoms with Crippen molar-refractivity contribution >= 4 is 58.2 Å². The molecule has 77 heavy (non-hydrogen) atoms. The third-order valence-electron chi connectivity index (χ3n) is 12.4. The summed E-state index contributed by atoms with van der Waals surface area (Å²) in [5.74, 6) is 0. The molecule has 0 amide bonds. The van der Waals surface area contributed by atoms with Gasteiger partial charge in [0, 0.05) is 70.0 Å². The normalized spacial score (nSPS) is 11.7. The summed E-state index contributed by atoms with van der Waals surface area (Å²) >= 11 is 7.65. The van der Waals surface area contributed by atoms with E-state index in [1.165, 1.54) is 144 Å². The molecule has 0 saturated heterocycles. The van der Waals surface area contributed by atoms with Crippen molar-refractivity contribution < 1.29 is 38.9 Å². The predicted molar refractivity (Wildman–Crippen MR) is 320 cm³/mol. The molecule has 0 spiro atoms. The van der Waals surface area contributed by atoms with E-state index in [1.807, 2.05) is 107 Å². The number of pyridine rings is 5. The summed E-state index contributed by atoms with van der Waals surface area (Å²) in [5.41, 5.74) is 10.7. The zero-order chi connectivity index (χ0) is 53.3. The van der Waals surface area contributed by atoms with Crippen molar-refractivity contribution in [3.05, 3.63) is 191 Å². The molecule has 1 atom stereocenters. The molecule has 1 radical (unpaired) electrons. The summed E-state index contributed by atoms with van der Waals surface area (Å²) in [6.07, 6.45) is 21.5. The zero-order valence-corrected chi connectivity index (χ0v) is 49.9. The van der Waals surface area contributed by atoms with Crippen LogP contribution in [0, 0.1) is 26.8 Å². The number of unbranched alkanes of at least 4 members (excludes halogenated alkanes) is 6. The van der Waals surface area contributed by atoms with E-state index < -0.39 is 7.60 Å². The average molecular weight is 1200 g/mol. The Morgan fingerprint density at radius 3 is 1.36 bits per heavy atom. The van der Waals surface area contributed by atoms with E-state index in [4.69, 9.17) is 10.2 Å². The van der Waals surface area contributed by atoms with Gasteiger partial charge in [-0.2, -0.15) is 0 Å². The van der Waals surface area contributed by atoms with Gasteiger partial charge in [-0.05, 0) is 178 Å². The van der Waals surface area contributed by atoms with Crippen LogP contribution in [-0.2, 0) is 41.6 Å². The van der Waals surface area contributed by atoms with Crippen molar-refractivity contribution in [1.29, 1.82) is 0 Å². The second-order valence-corrected chi connectivity index (χ2v) is 24.8. The Hall–Kier alpha value is -5.50. The first-order valence-electron chi connectivity index (χ1n) is 25.8. The maximum Gasteiger partial charge on any atom is 1.00 e. The van der Waals surface area contributed by atoms with Gasteiger partial charge in [-0.25, -0.2) is 5.26 Å². The van der Waals surface area contributed by atoms with E-state index in [1.54, 1.807) is 12.3 Å². The quantitative estimate of drug-likeness (QED) is 0.0203. The molecule has 397 valence electrons. The van der Waals surface area contributed by atoms with E-state index in [0.29, 0.717) is 11.4 Å². The van der Waals surface area contributed by atoms with Crippen LogP contribution in [0.4, 0.5) is 0 Å². The molecular formula is C62H63N5O4PRuS4. The molecule has 15 heteroatoms. The number of rotatable bonds is 19. The summed E-state index contributed by atoms with van der Waals surface area (Å²) in [7, 11) is -4.20. The first-order valence-corrected chi connectivity index (χ1v) is 30.6. The number of aromatic nitrogens is 5. The summed E-state index contributed by atoms with van der Waals surface area (Å²) in [5, 5.41) is 8.36. The zero-order valence-electron chi connectivity index (χ0n) is 44.0. The Morgan fingerprint density at radius 2 is 0.883 bits per heavy atom. The van der Waals surface area contributed by atoms with Gasteiger partial charge in [0.15, 0.2) is 0 Å². The van der Waals surface area contributed by atoms with Gasteiger partial charge >= 0.3 is 27.1 Å². The minimum Gasteiger partial charge on any atom is -0.319 e. The molecular weight excluding hydrogens is 1140 g/mol. The molecule has 10 rings (SSSR count). The van der Waals surface area contributed by atoms with Crippen LogP contribution in [0.25, 0.3) is 74.4 Å².